The molecule has 0 radical (unpaired) electrons. The summed E-state index contributed by atoms with van der Waals surface area (Å²) in [4.78, 5) is 18.8. The van der Waals surface area contributed by atoms with Gasteiger partial charge in [0.1, 0.15) is 5.60 Å². The molecular formula is C21H26N2O2S. The van der Waals surface area contributed by atoms with Crippen molar-refractivity contribution >= 4 is 23.0 Å². The van der Waals surface area contributed by atoms with E-state index in [2.05, 4.69) is 29.6 Å². The SMILES string of the molecule is Cc1nc(C(=C2CCN(C(=O)OC(C)(C)C)CC2)c2ccccc2)cs1. The Balaban J connectivity index is 1.84. The first-order valence-electron chi connectivity index (χ1n) is 9.01. The van der Waals surface area contributed by atoms with Crippen LogP contribution in [-0.2, 0) is 4.74 Å². The van der Waals surface area contributed by atoms with Crippen LogP contribution in [0.15, 0.2) is 41.3 Å². The number of hydrogen-bond donors (Lipinski definition) is 0. The van der Waals surface area contributed by atoms with Crippen LogP contribution in [-0.4, -0.2) is 34.7 Å². The molecular weight excluding hydrogens is 344 g/mol. The molecule has 1 fully saturated rings. The Morgan fingerprint density at radius 3 is 2.35 bits per heavy atom. The molecule has 2 aromatic rings. The minimum absolute atomic E-state index is 0.220. The number of piperidine rings is 1. The fourth-order valence-electron chi connectivity index (χ4n) is 3.15. The zero-order chi connectivity index (χ0) is 18.7. The maximum Gasteiger partial charge on any atom is 0.410 e. The predicted octanol–water partition coefficient (Wildman–Crippen LogP) is 5.28. The van der Waals surface area contributed by atoms with Gasteiger partial charge in [-0.3, -0.25) is 0 Å². The van der Waals surface area contributed by atoms with Crippen molar-refractivity contribution in [2.45, 2.75) is 46.1 Å². The van der Waals surface area contributed by atoms with Gasteiger partial charge in [-0.05, 0) is 46.1 Å². The standard InChI is InChI=1S/C21H26N2O2S/c1-15-22-18(14-26-15)19(16-8-6-5-7-9-16)17-10-12-23(13-11-17)20(24)25-21(2,3)4/h5-9,14H,10-13H2,1-4H3. The van der Waals surface area contributed by atoms with E-state index in [1.54, 1.807) is 11.3 Å². The number of rotatable bonds is 2. The lowest BCUT2D eigenvalue weighted by atomic mass is 9.91. The average Bonchev–Trinajstić information content (AvgIpc) is 3.01. The van der Waals surface area contributed by atoms with Gasteiger partial charge in [-0.25, -0.2) is 9.78 Å². The zero-order valence-electron chi connectivity index (χ0n) is 15.9. The van der Waals surface area contributed by atoms with Gasteiger partial charge in [-0.2, -0.15) is 0 Å². The second-order valence-electron chi connectivity index (χ2n) is 7.56. The third kappa shape index (κ3) is 4.52. The Bertz CT molecular complexity index is 793. The normalized spacial score (nSPS) is 15.1. The molecule has 1 aromatic carbocycles. The van der Waals surface area contributed by atoms with Crippen LogP contribution in [0.5, 0.6) is 0 Å². The molecule has 1 aromatic heterocycles. The van der Waals surface area contributed by atoms with Gasteiger partial charge in [0.05, 0.1) is 10.7 Å². The van der Waals surface area contributed by atoms with Crippen molar-refractivity contribution in [1.82, 2.24) is 9.88 Å². The molecule has 0 bridgehead atoms. The van der Waals surface area contributed by atoms with E-state index in [0.29, 0.717) is 13.1 Å². The van der Waals surface area contributed by atoms with Crippen molar-refractivity contribution in [3.05, 3.63) is 57.6 Å². The number of hydrogen-bond acceptors (Lipinski definition) is 4. The first kappa shape index (κ1) is 18.6. The summed E-state index contributed by atoms with van der Waals surface area (Å²) in [6, 6.07) is 10.4. The molecule has 0 aliphatic carbocycles. The number of aryl methyl sites for hydroxylation is 1. The maximum atomic E-state index is 12.3. The van der Waals surface area contributed by atoms with Crippen molar-refractivity contribution < 1.29 is 9.53 Å². The van der Waals surface area contributed by atoms with Crippen molar-refractivity contribution in [1.29, 1.82) is 0 Å². The summed E-state index contributed by atoms with van der Waals surface area (Å²) in [5.74, 6) is 0. The Kier molecular flexibility index (Phi) is 5.47. The number of aromatic nitrogens is 1. The summed E-state index contributed by atoms with van der Waals surface area (Å²) in [5.41, 5.74) is 4.36. The maximum absolute atomic E-state index is 12.3. The molecule has 3 rings (SSSR count). The van der Waals surface area contributed by atoms with E-state index >= 15 is 0 Å². The zero-order valence-corrected chi connectivity index (χ0v) is 16.7. The Morgan fingerprint density at radius 1 is 1.15 bits per heavy atom. The van der Waals surface area contributed by atoms with Gasteiger partial charge in [0, 0.05) is 24.0 Å². The summed E-state index contributed by atoms with van der Waals surface area (Å²) in [7, 11) is 0. The number of nitrogens with zero attached hydrogens (tertiary/aromatic N) is 2. The van der Waals surface area contributed by atoms with E-state index in [1.165, 1.54) is 16.7 Å². The van der Waals surface area contributed by atoms with Crippen molar-refractivity contribution in [3.8, 4) is 0 Å². The van der Waals surface area contributed by atoms with Gasteiger partial charge in [0.2, 0.25) is 0 Å². The molecule has 0 spiro atoms. The van der Waals surface area contributed by atoms with Crippen LogP contribution in [0.1, 0.15) is 49.9 Å². The Morgan fingerprint density at radius 2 is 1.81 bits per heavy atom. The molecule has 1 aliphatic rings. The van der Waals surface area contributed by atoms with Gasteiger partial charge in [-0.1, -0.05) is 35.9 Å². The molecule has 1 aliphatic heterocycles. The van der Waals surface area contributed by atoms with E-state index < -0.39 is 5.60 Å². The second kappa shape index (κ2) is 7.62. The van der Waals surface area contributed by atoms with Crippen LogP contribution < -0.4 is 0 Å². The predicted molar refractivity (Wildman–Crippen MR) is 106 cm³/mol. The van der Waals surface area contributed by atoms with Gasteiger partial charge in [0.15, 0.2) is 0 Å². The van der Waals surface area contributed by atoms with E-state index in [0.717, 1.165) is 23.5 Å². The number of benzene rings is 1. The lowest BCUT2D eigenvalue weighted by molar-refractivity contribution is 0.0236. The quantitative estimate of drug-likeness (QED) is 0.722. The fraction of sp³-hybridized carbons (Fsp3) is 0.429. The van der Waals surface area contributed by atoms with Crippen LogP contribution in [0.3, 0.4) is 0 Å². The minimum atomic E-state index is -0.458. The van der Waals surface area contributed by atoms with Crippen LogP contribution in [0.2, 0.25) is 0 Å². The first-order valence-corrected chi connectivity index (χ1v) is 9.89. The highest BCUT2D eigenvalue weighted by Crippen LogP contribution is 2.33. The van der Waals surface area contributed by atoms with Gasteiger partial charge < -0.3 is 9.64 Å². The number of amides is 1. The van der Waals surface area contributed by atoms with Gasteiger partial charge in [-0.15, -0.1) is 11.3 Å². The molecule has 1 saturated heterocycles. The van der Waals surface area contributed by atoms with Crippen LogP contribution in [0.4, 0.5) is 4.79 Å². The van der Waals surface area contributed by atoms with Crippen molar-refractivity contribution in [3.63, 3.8) is 0 Å². The first-order chi connectivity index (χ1) is 12.3. The van der Waals surface area contributed by atoms with Gasteiger partial charge >= 0.3 is 6.09 Å². The molecule has 26 heavy (non-hydrogen) atoms. The second-order valence-corrected chi connectivity index (χ2v) is 8.63. The lowest BCUT2D eigenvalue weighted by Crippen LogP contribution is -2.40. The molecule has 0 N–H and O–H groups in total. The highest BCUT2D eigenvalue weighted by molar-refractivity contribution is 7.09. The third-order valence-corrected chi connectivity index (χ3v) is 5.08. The summed E-state index contributed by atoms with van der Waals surface area (Å²) in [5, 5.41) is 3.20. The fourth-order valence-corrected chi connectivity index (χ4v) is 3.76. The highest BCUT2D eigenvalue weighted by Gasteiger charge is 2.26. The number of carbonyl (C=O) groups is 1. The number of thiazole rings is 1. The molecule has 138 valence electrons. The number of ether oxygens (including phenoxy) is 1. The number of likely N-dealkylation sites (tertiary alicyclic amines) is 1. The van der Waals surface area contributed by atoms with Crippen molar-refractivity contribution in [2.75, 3.05) is 13.1 Å². The monoisotopic (exact) mass is 370 g/mol. The van der Waals surface area contributed by atoms with Crippen molar-refractivity contribution in [2.24, 2.45) is 0 Å². The summed E-state index contributed by atoms with van der Waals surface area (Å²) < 4.78 is 5.51. The highest BCUT2D eigenvalue weighted by atomic mass is 32.1. The van der Waals surface area contributed by atoms with E-state index in [1.807, 2.05) is 38.7 Å². The van der Waals surface area contributed by atoms with Crippen LogP contribution in [0, 0.1) is 6.92 Å². The largest absolute Gasteiger partial charge is 0.444 e. The van der Waals surface area contributed by atoms with E-state index in [9.17, 15) is 4.79 Å². The minimum Gasteiger partial charge on any atom is -0.444 e. The topological polar surface area (TPSA) is 42.4 Å². The molecule has 0 atom stereocenters. The third-order valence-electron chi connectivity index (χ3n) is 4.31. The molecule has 1 amide bonds. The molecule has 0 saturated carbocycles. The van der Waals surface area contributed by atoms with Gasteiger partial charge in [0.25, 0.3) is 0 Å². The summed E-state index contributed by atoms with van der Waals surface area (Å²) in [6.07, 6.45) is 1.47. The van der Waals surface area contributed by atoms with Crippen LogP contribution >= 0.6 is 11.3 Å². The average molecular weight is 371 g/mol. The summed E-state index contributed by atoms with van der Waals surface area (Å²) >= 11 is 1.67. The molecule has 0 unspecified atom stereocenters. The van der Waals surface area contributed by atoms with E-state index in [4.69, 9.17) is 9.72 Å². The molecule has 2 heterocycles. The smallest absolute Gasteiger partial charge is 0.410 e. The Hall–Kier alpha value is -2.14. The van der Waals surface area contributed by atoms with E-state index in [-0.39, 0.29) is 6.09 Å². The Labute approximate surface area is 159 Å². The molecule has 4 nitrogen and oxygen atoms in total. The lowest BCUT2D eigenvalue weighted by Gasteiger charge is -2.32. The van der Waals surface area contributed by atoms with Crippen LogP contribution in [0.25, 0.3) is 5.57 Å². The molecule has 5 heteroatoms. The summed E-state index contributed by atoms with van der Waals surface area (Å²) in [6.45, 7) is 9.11. The number of carbonyl (C=O) groups excluding carboxylic acids is 1.